The summed E-state index contributed by atoms with van der Waals surface area (Å²) in [4.78, 5) is 12.2. The van der Waals surface area contributed by atoms with Crippen molar-refractivity contribution in [2.75, 3.05) is 31.5 Å². The van der Waals surface area contributed by atoms with Crippen molar-refractivity contribution < 1.29 is 13.2 Å². The zero-order valence-electron chi connectivity index (χ0n) is 13.4. The summed E-state index contributed by atoms with van der Waals surface area (Å²) in [5.41, 5.74) is 6.32. The number of hydrogen-bond acceptors (Lipinski definition) is 5. The lowest BCUT2D eigenvalue weighted by atomic mass is 10.2. The van der Waals surface area contributed by atoms with Crippen LogP contribution in [0.4, 0.5) is 10.5 Å². The molecule has 0 aromatic heterocycles. The van der Waals surface area contributed by atoms with Gasteiger partial charge in [-0.1, -0.05) is 12.5 Å². The minimum atomic E-state index is -3.50. The van der Waals surface area contributed by atoms with Gasteiger partial charge in [0.25, 0.3) is 0 Å². The molecule has 0 spiro atoms. The smallest absolute Gasteiger partial charge is 0.319 e. The molecule has 0 bridgehead atoms. The second-order valence-corrected chi connectivity index (χ2v) is 7.99. The van der Waals surface area contributed by atoms with E-state index in [1.807, 2.05) is 0 Å². The maximum absolute atomic E-state index is 12.7. The van der Waals surface area contributed by atoms with Crippen LogP contribution in [-0.4, -0.2) is 51.0 Å². The predicted molar refractivity (Wildman–Crippen MR) is 91.0 cm³/mol. The molecule has 1 aromatic carbocycles. The first-order valence-electron chi connectivity index (χ1n) is 8.19. The van der Waals surface area contributed by atoms with Crippen molar-refractivity contribution in [2.24, 2.45) is 0 Å². The van der Waals surface area contributed by atoms with Crippen LogP contribution in [0.1, 0.15) is 19.3 Å². The van der Waals surface area contributed by atoms with Gasteiger partial charge >= 0.3 is 6.03 Å². The monoisotopic (exact) mass is 353 g/mol. The van der Waals surface area contributed by atoms with Crippen molar-refractivity contribution >= 4 is 21.7 Å². The molecule has 2 aliphatic rings. The van der Waals surface area contributed by atoms with Crippen LogP contribution in [0.2, 0.25) is 0 Å². The third-order valence-electron chi connectivity index (χ3n) is 4.20. The molecule has 0 radical (unpaired) electrons. The number of piperidine rings is 1. The van der Waals surface area contributed by atoms with Crippen molar-refractivity contribution in [1.82, 2.24) is 20.5 Å². The molecule has 132 valence electrons. The molecule has 0 atom stereocenters. The molecular formula is C15H23N5O3S. The third kappa shape index (κ3) is 4.04. The summed E-state index contributed by atoms with van der Waals surface area (Å²) in [6.07, 6.45) is 2.85. The van der Waals surface area contributed by atoms with Crippen molar-refractivity contribution in [1.29, 1.82) is 0 Å². The number of nitrogens with zero attached hydrogens (tertiary/aromatic N) is 1. The van der Waals surface area contributed by atoms with Crippen LogP contribution in [0.15, 0.2) is 29.2 Å². The maximum Gasteiger partial charge on any atom is 0.319 e. The quantitative estimate of drug-likeness (QED) is 0.630. The Balaban J connectivity index is 1.67. The maximum atomic E-state index is 12.7. The Morgan fingerprint density at radius 2 is 1.83 bits per heavy atom. The fourth-order valence-corrected chi connectivity index (χ4v) is 4.47. The van der Waals surface area contributed by atoms with Crippen LogP contribution in [0.5, 0.6) is 0 Å². The molecule has 2 fully saturated rings. The topological polar surface area (TPSA) is 103 Å². The zero-order chi connectivity index (χ0) is 17.0. The van der Waals surface area contributed by atoms with Gasteiger partial charge in [-0.25, -0.2) is 13.2 Å². The van der Waals surface area contributed by atoms with Gasteiger partial charge < -0.3 is 10.6 Å². The molecular weight excluding hydrogens is 330 g/mol. The highest BCUT2D eigenvalue weighted by atomic mass is 32.2. The number of nitrogens with one attached hydrogen (secondary N) is 4. The molecule has 2 saturated heterocycles. The summed E-state index contributed by atoms with van der Waals surface area (Å²) in [6.45, 7) is 2.41. The van der Waals surface area contributed by atoms with E-state index in [0.29, 0.717) is 31.9 Å². The largest absolute Gasteiger partial charge is 0.332 e. The van der Waals surface area contributed by atoms with E-state index in [-0.39, 0.29) is 17.0 Å². The minimum Gasteiger partial charge on any atom is -0.332 e. The van der Waals surface area contributed by atoms with Crippen molar-refractivity contribution in [2.45, 2.75) is 30.2 Å². The lowest BCUT2D eigenvalue weighted by Crippen LogP contribution is -2.41. The van der Waals surface area contributed by atoms with E-state index >= 15 is 0 Å². The molecule has 2 heterocycles. The summed E-state index contributed by atoms with van der Waals surface area (Å²) in [5, 5.41) is 5.51. The Hall–Kier alpha value is -1.68. The highest BCUT2D eigenvalue weighted by molar-refractivity contribution is 7.89. The van der Waals surface area contributed by atoms with E-state index in [2.05, 4.69) is 21.5 Å². The van der Waals surface area contributed by atoms with Crippen LogP contribution in [0.25, 0.3) is 0 Å². The van der Waals surface area contributed by atoms with Crippen LogP contribution in [0, 0.1) is 0 Å². The van der Waals surface area contributed by atoms with Gasteiger partial charge in [0.15, 0.2) is 0 Å². The Morgan fingerprint density at radius 1 is 1.12 bits per heavy atom. The number of hydrazine groups is 1. The molecule has 0 saturated carbocycles. The predicted octanol–water partition coefficient (Wildman–Crippen LogP) is 0.459. The van der Waals surface area contributed by atoms with Crippen LogP contribution >= 0.6 is 0 Å². The number of hydrogen-bond donors (Lipinski definition) is 4. The van der Waals surface area contributed by atoms with E-state index < -0.39 is 10.0 Å². The Morgan fingerprint density at radius 3 is 2.54 bits per heavy atom. The summed E-state index contributed by atoms with van der Waals surface area (Å²) in [5.74, 6) is 0. The Labute approximate surface area is 142 Å². The number of carbonyl (C=O) groups is 1. The highest BCUT2D eigenvalue weighted by Gasteiger charge is 2.26. The molecule has 3 rings (SSSR count). The molecule has 2 amide bonds. The summed E-state index contributed by atoms with van der Waals surface area (Å²) >= 11 is 0. The van der Waals surface area contributed by atoms with Gasteiger partial charge in [-0.2, -0.15) is 4.31 Å². The summed E-state index contributed by atoms with van der Waals surface area (Å²) < 4.78 is 26.9. The summed E-state index contributed by atoms with van der Waals surface area (Å²) in [7, 11) is -3.50. The lowest BCUT2D eigenvalue weighted by Gasteiger charge is -2.26. The number of rotatable bonds is 4. The number of urea groups is 1. The zero-order valence-corrected chi connectivity index (χ0v) is 14.2. The number of sulfonamides is 1. The van der Waals surface area contributed by atoms with Gasteiger partial charge in [-0.3, -0.25) is 10.9 Å². The summed E-state index contributed by atoms with van der Waals surface area (Å²) in [6, 6.07) is 6.06. The normalized spacial score (nSPS) is 20.0. The highest BCUT2D eigenvalue weighted by Crippen LogP contribution is 2.22. The van der Waals surface area contributed by atoms with Gasteiger partial charge in [0.05, 0.1) is 10.9 Å². The number of anilines is 1. The van der Waals surface area contributed by atoms with E-state index in [1.165, 1.54) is 10.4 Å². The van der Waals surface area contributed by atoms with Crippen molar-refractivity contribution in [3.05, 3.63) is 24.3 Å². The van der Waals surface area contributed by atoms with E-state index in [9.17, 15) is 13.2 Å². The van der Waals surface area contributed by atoms with Gasteiger partial charge in [-0.05, 0) is 31.0 Å². The van der Waals surface area contributed by atoms with E-state index in [4.69, 9.17) is 0 Å². The fourth-order valence-electron chi connectivity index (χ4n) is 2.91. The Kier molecular flexibility index (Phi) is 5.34. The second kappa shape index (κ2) is 7.47. The molecule has 8 nitrogen and oxygen atoms in total. The number of benzene rings is 1. The standard InChI is InChI=1S/C15H23N5O3S/c21-15(19-13-10-16-17-11-13)18-12-5-4-6-14(9-12)24(22,23)20-7-2-1-3-8-20/h4-6,9,13,16-17H,1-3,7-8,10-11H2,(H2,18,19,21). The average Bonchev–Trinajstić information content (AvgIpc) is 3.08. The first-order valence-corrected chi connectivity index (χ1v) is 9.63. The number of carbonyl (C=O) groups excluding carboxylic acids is 1. The van der Waals surface area contributed by atoms with E-state index in [0.717, 1.165) is 19.3 Å². The van der Waals surface area contributed by atoms with Crippen molar-refractivity contribution in [3.63, 3.8) is 0 Å². The molecule has 24 heavy (non-hydrogen) atoms. The first-order chi connectivity index (χ1) is 11.6. The molecule has 4 N–H and O–H groups in total. The Bertz CT molecular complexity index is 682. The first kappa shape index (κ1) is 17.2. The second-order valence-electron chi connectivity index (χ2n) is 6.05. The SMILES string of the molecule is O=C(Nc1cccc(S(=O)(=O)N2CCCCC2)c1)NC1CNNC1. The number of amides is 2. The van der Waals surface area contributed by atoms with Gasteiger partial charge in [0.1, 0.15) is 0 Å². The molecule has 0 aliphatic carbocycles. The van der Waals surface area contributed by atoms with Gasteiger partial charge in [-0.15, -0.1) is 0 Å². The fraction of sp³-hybridized carbons (Fsp3) is 0.533. The third-order valence-corrected chi connectivity index (χ3v) is 6.10. The molecule has 1 aromatic rings. The average molecular weight is 353 g/mol. The minimum absolute atomic E-state index is 0.00488. The lowest BCUT2D eigenvalue weighted by molar-refractivity contribution is 0.249. The van der Waals surface area contributed by atoms with Crippen LogP contribution in [-0.2, 0) is 10.0 Å². The van der Waals surface area contributed by atoms with Gasteiger partial charge in [0, 0.05) is 31.9 Å². The van der Waals surface area contributed by atoms with E-state index in [1.54, 1.807) is 18.2 Å². The van der Waals surface area contributed by atoms with Crippen LogP contribution in [0.3, 0.4) is 0 Å². The van der Waals surface area contributed by atoms with Gasteiger partial charge in [0.2, 0.25) is 10.0 Å². The molecule has 2 aliphatic heterocycles. The van der Waals surface area contributed by atoms with Crippen LogP contribution < -0.4 is 21.5 Å². The van der Waals surface area contributed by atoms with Crippen molar-refractivity contribution in [3.8, 4) is 0 Å². The molecule has 9 heteroatoms. The molecule has 0 unspecified atom stereocenters.